The highest BCUT2D eigenvalue weighted by molar-refractivity contribution is 5.92. The van der Waals surface area contributed by atoms with E-state index in [1.165, 1.54) is 0 Å². The van der Waals surface area contributed by atoms with Gasteiger partial charge in [-0.05, 0) is 54.1 Å². The molecular weight excluding hydrogens is 340 g/mol. The lowest BCUT2D eigenvalue weighted by molar-refractivity contribution is -0.115. The first-order valence-corrected chi connectivity index (χ1v) is 8.87. The maximum atomic E-state index is 12.3. The molecule has 0 saturated carbocycles. The molecule has 0 saturated heterocycles. The summed E-state index contributed by atoms with van der Waals surface area (Å²) in [5.74, 6) is 1.35. The summed E-state index contributed by atoms with van der Waals surface area (Å²) in [6.07, 6.45) is 0.278. The molecule has 0 spiro atoms. The molecule has 5 heteroatoms. The Morgan fingerprint density at radius 3 is 2.22 bits per heavy atom. The molecule has 3 aromatic carbocycles. The number of hydrogen-bond acceptors (Lipinski definition) is 4. The molecule has 136 valence electrons. The van der Waals surface area contributed by atoms with Gasteiger partial charge < -0.3 is 20.1 Å². The Morgan fingerprint density at radius 2 is 1.44 bits per heavy atom. The van der Waals surface area contributed by atoms with Crippen molar-refractivity contribution < 1.29 is 14.3 Å². The number of rotatable bonds is 5. The number of nitrogens with one attached hydrogen (secondary N) is 2. The van der Waals surface area contributed by atoms with Crippen molar-refractivity contribution in [2.75, 3.05) is 23.8 Å². The van der Waals surface area contributed by atoms with Gasteiger partial charge in [-0.15, -0.1) is 0 Å². The highest BCUT2D eigenvalue weighted by Gasteiger charge is 2.13. The van der Waals surface area contributed by atoms with Gasteiger partial charge in [0.05, 0.1) is 6.42 Å². The maximum absolute atomic E-state index is 12.3. The molecule has 3 aromatic rings. The normalized spacial score (nSPS) is 12.3. The quantitative estimate of drug-likeness (QED) is 0.709. The van der Waals surface area contributed by atoms with Crippen molar-refractivity contribution in [3.63, 3.8) is 0 Å². The third kappa shape index (κ3) is 4.39. The van der Waals surface area contributed by atoms with E-state index in [4.69, 9.17) is 9.47 Å². The predicted octanol–water partition coefficient (Wildman–Crippen LogP) is 4.38. The summed E-state index contributed by atoms with van der Waals surface area (Å²) >= 11 is 0. The topological polar surface area (TPSA) is 59.6 Å². The second-order valence-corrected chi connectivity index (χ2v) is 6.27. The second-order valence-electron chi connectivity index (χ2n) is 6.27. The largest absolute Gasteiger partial charge is 0.486 e. The van der Waals surface area contributed by atoms with Crippen molar-refractivity contribution in [2.45, 2.75) is 6.42 Å². The smallest absolute Gasteiger partial charge is 0.228 e. The average molecular weight is 360 g/mol. The van der Waals surface area contributed by atoms with Crippen LogP contribution in [-0.2, 0) is 11.2 Å². The fourth-order valence-corrected chi connectivity index (χ4v) is 2.91. The van der Waals surface area contributed by atoms with Crippen LogP contribution in [0.15, 0.2) is 72.8 Å². The van der Waals surface area contributed by atoms with E-state index in [1.54, 1.807) is 0 Å². The van der Waals surface area contributed by atoms with Crippen molar-refractivity contribution in [1.82, 2.24) is 0 Å². The lowest BCUT2D eigenvalue weighted by Gasteiger charge is -2.18. The molecule has 4 rings (SSSR count). The van der Waals surface area contributed by atoms with Gasteiger partial charge in [-0.1, -0.05) is 24.3 Å². The fourth-order valence-electron chi connectivity index (χ4n) is 2.91. The molecule has 2 N–H and O–H groups in total. The first-order chi connectivity index (χ1) is 13.3. The average Bonchev–Trinajstić information content (AvgIpc) is 2.70. The Kier molecular flexibility index (Phi) is 4.92. The van der Waals surface area contributed by atoms with Gasteiger partial charge in [0.15, 0.2) is 11.5 Å². The number of amides is 1. The van der Waals surface area contributed by atoms with E-state index in [0.717, 1.165) is 28.4 Å². The summed E-state index contributed by atoms with van der Waals surface area (Å²) in [6.45, 7) is 1.09. The van der Waals surface area contributed by atoms with Crippen LogP contribution in [0.4, 0.5) is 17.1 Å². The molecule has 0 aromatic heterocycles. The van der Waals surface area contributed by atoms with Crippen LogP contribution in [0.2, 0.25) is 0 Å². The lowest BCUT2D eigenvalue weighted by atomic mass is 10.1. The summed E-state index contributed by atoms with van der Waals surface area (Å²) in [6, 6.07) is 23.2. The molecule has 0 atom stereocenters. The standard InChI is InChI=1S/C22H20N2O3/c25-22(15-16-6-11-20-21(14-16)27-13-12-26-20)24-19-9-7-18(8-10-19)23-17-4-2-1-3-5-17/h1-11,14,23H,12-13,15H2,(H,24,25). The fraction of sp³-hybridized carbons (Fsp3) is 0.136. The van der Waals surface area contributed by atoms with E-state index in [1.807, 2.05) is 72.8 Å². The first-order valence-electron chi connectivity index (χ1n) is 8.87. The maximum Gasteiger partial charge on any atom is 0.228 e. The third-order valence-corrected chi connectivity index (χ3v) is 4.20. The Hall–Kier alpha value is -3.47. The Labute approximate surface area is 157 Å². The third-order valence-electron chi connectivity index (χ3n) is 4.20. The zero-order valence-corrected chi connectivity index (χ0v) is 14.8. The van der Waals surface area contributed by atoms with Crippen LogP contribution in [0.1, 0.15) is 5.56 Å². The van der Waals surface area contributed by atoms with Gasteiger partial charge in [0.25, 0.3) is 0 Å². The Morgan fingerprint density at radius 1 is 0.778 bits per heavy atom. The molecule has 5 nitrogen and oxygen atoms in total. The first kappa shape index (κ1) is 17.0. The van der Waals surface area contributed by atoms with Crippen molar-refractivity contribution >= 4 is 23.0 Å². The van der Waals surface area contributed by atoms with E-state index in [2.05, 4.69) is 10.6 Å². The van der Waals surface area contributed by atoms with E-state index >= 15 is 0 Å². The monoisotopic (exact) mass is 360 g/mol. The minimum absolute atomic E-state index is 0.0737. The SMILES string of the molecule is O=C(Cc1ccc2c(c1)OCCO2)Nc1ccc(Nc2ccccc2)cc1. The van der Waals surface area contributed by atoms with Crippen LogP contribution in [0.5, 0.6) is 11.5 Å². The van der Waals surface area contributed by atoms with Crippen LogP contribution in [0.3, 0.4) is 0 Å². The number of para-hydroxylation sites is 1. The van der Waals surface area contributed by atoms with Gasteiger partial charge in [0, 0.05) is 17.1 Å². The highest BCUT2D eigenvalue weighted by atomic mass is 16.6. The summed E-state index contributed by atoms with van der Waals surface area (Å²) in [5.41, 5.74) is 3.63. The predicted molar refractivity (Wildman–Crippen MR) is 106 cm³/mol. The molecule has 27 heavy (non-hydrogen) atoms. The minimum atomic E-state index is -0.0737. The zero-order valence-electron chi connectivity index (χ0n) is 14.8. The Bertz CT molecular complexity index is 924. The number of fused-ring (bicyclic) bond motifs is 1. The molecular formula is C22H20N2O3. The molecule has 0 bridgehead atoms. The number of hydrogen-bond donors (Lipinski definition) is 2. The van der Waals surface area contributed by atoms with Crippen molar-refractivity contribution in [3.05, 3.63) is 78.4 Å². The van der Waals surface area contributed by atoms with Gasteiger partial charge in [-0.25, -0.2) is 0 Å². The van der Waals surface area contributed by atoms with Crippen LogP contribution < -0.4 is 20.1 Å². The molecule has 1 amide bonds. The van der Waals surface area contributed by atoms with Crippen molar-refractivity contribution in [3.8, 4) is 11.5 Å². The number of benzene rings is 3. The van der Waals surface area contributed by atoms with Gasteiger partial charge in [-0.2, -0.15) is 0 Å². The van der Waals surface area contributed by atoms with Gasteiger partial charge in [0.2, 0.25) is 5.91 Å². The molecule has 0 fully saturated rings. The van der Waals surface area contributed by atoms with Crippen LogP contribution in [0.25, 0.3) is 0 Å². The second kappa shape index (κ2) is 7.83. The summed E-state index contributed by atoms with van der Waals surface area (Å²) in [5, 5.41) is 6.24. The summed E-state index contributed by atoms with van der Waals surface area (Å²) in [4.78, 5) is 12.3. The van der Waals surface area contributed by atoms with E-state index in [9.17, 15) is 4.79 Å². The van der Waals surface area contributed by atoms with Gasteiger partial charge >= 0.3 is 0 Å². The summed E-state index contributed by atoms with van der Waals surface area (Å²) < 4.78 is 11.1. The van der Waals surface area contributed by atoms with Crippen LogP contribution >= 0.6 is 0 Å². The van der Waals surface area contributed by atoms with Crippen LogP contribution in [-0.4, -0.2) is 19.1 Å². The number of carbonyl (C=O) groups is 1. The van der Waals surface area contributed by atoms with Gasteiger partial charge in [-0.3, -0.25) is 4.79 Å². The molecule has 0 unspecified atom stereocenters. The molecule has 0 radical (unpaired) electrons. The zero-order chi connectivity index (χ0) is 18.5. The molecule has 1 aliphatic heterocycles. The number of carbonyl (C=O) groups excluding carboxylic acids is 1. The summed E-state index contributed by atoms with van der Waals surface area (Å²) in [7, 11) is 0. The van der Waals surface area contributed by atoms with E-state index < -0.39 is 0 Å². The van der Waals surface area contributed by atoms with Crippen molar-refractivity contribution in [2.24, 2.45) is 0 Å². The van der Waals surface area contributed by atoms with Gasteiger partial charge in [0.1, 0.15) is 13.2 Å². The lowest BCUT2D eigenvalue weighted by Crippen LogP contribution is -2.17. The molecule has 1 heterocycles. The van der Waals surface area contributed by atoms with Crippen molar-refractivity contribution in [1.29, 1.82) is 0 Å². The molecule has 1 aliphatic rings. The van der Waals surface area contributed by atoms with E-state index in [0.29, 0.717) is 19.0 Å². The van der Waals surface area contributed by atoms with Crippen LogP contribution in [0, 0.1) is 0 Å². The highest BCUT2D eigenvalue weighted by Crippen LogP contribution is 2.31. The number of ether oxygens (including phenoxy) is 2. The van der Waals surface area contributed by atoms with E-state index in [-0.39, 0.29) is 12.3 Å². The Balaban J connectivity index is 1.35. The minimum Gasteiger partial charge on any atom is -0.486 e. The number of anilines is 3. The molecule has 0 aliphatic carbocycles.